The molecule has 30 heavy (non-hydrogen) atoms. The lowest BCUT2D eigenvalue weighted by Crippen LogP contribution is -2.14. The first kappa shape index (κ1) is 20.6. The number of carbonyl (C=O) groups excluding carboxylic acids is 2. The van der Waals surface area contributed by atoms with Gasteiger partial charge in [0.15, 0.2) is 0 Å². The predicted molar refractivity (Wildman–Crippen MR) is 113 cm³/mol. The summed E-state index contributed by atoms with van der Waals surface area (Å²) >= 11 is 0. The molecule has 0 aliphatic carbocycles. The third-order valence-corrected chi connectivity index (χ3v) is 4.99. The van der Waals surface area contributed by atoms with Crippen LogP contribution in [0.1, 0.15) is 42.2 Å². The van der Waals surface area contributed by atoms with Crippen molar-refractivity contribution in [2.45, 2.75) is 13.8 Å². The number of amides is 2. The molecule has 0 saturated heterocycles. The summed E-state index contributed by atoms with van der Waals surface area (Å²) in [7, 11) is 0. The SMILES string of the molecule is Cc1c(NC(=O)c2ccc(-c3ccc(C(N)=O)cc3)cc2)cc(C(=O)O)c(O)c1C. The molecule has 0 saturated carbocycles. The van der Waals surface area contributed by atoms with Gasteiger partial charge in [0.1, 0.15) is 11.3 Å². The van der Waals surface area contributed by atoms with Crippen molar-refractivity contribution >= 4 is 23.5 Å². The fourth-order valence-corrected chi connectivity index (χ4v) is 3.03. The number of carbonyl (C=O) groups is 3. The molecule has 2 amide bonds. The molecule has 7 heteroatoms. The smallest absolute Gasteiger partial charge is 0.339 e. The van der Waals surface area contributed by atoms with E-state index >= 15 is 0 Å². The number of benzene rings is 3. The summed E-state index contributed by atoms with van der Waals surface area (Å²) in [4.78, 5) is 35.1. The third-order valence-electron chi connectivity index (χ3n) is 4.99. The van der Waals surface area contributed by atoms with Crippen molar-refractivity contribution in [3.63, 3.8) is 0 Å². The summed E-state index contributed by atoms with van der Waals surface area (Å²) in [5.41, 5.74) is 8.77. The second-order valence-electron chi connectivity index (χ2n) is 6.85. The lowest BCUT2D eigenvalue weighted by atomic mass is 10.0. The number of aromatic hydroxyl groups is 1. The maximum absolute atomic E-state index is 12.6. The first-order valence-corrected chi connectivity index (χ1v) is 9.07. The van der Waals surface area contributed by atoms with E-state index in [2.05, 4.69) is 5.32 Å². The quantitative estimate of drug-likeness (QED) is 0.482. The van der Waals surface area contributed by atoms with Gasteiger partial charge in [0.05, 0.1) is 0 Å². The molecule has 0 aromatic heterocycles. The Hall–Kier alpha value is -4.13. The highest BCUT2D eigenvalue weighted by atomic mass is 16.4. The summed E-state index contributed by atoms with van der Waals surface area (Å²) in [6, 6.07) is 14.9. The number of nitrogens with two attached hydrogens (primary N) is 1. The van der Waals surface area contributed by atoms with Gasteiger partial charge in [-0.05, 0) is 66.4 Å². The van der Waals surface area contributed by atoms with E-state index in [1.807, 2.05) is 0 Å². The minimum Gasteiger partial charge on any atom is -0.507 e. The molecule has 152 valence electrons. The van der Waals surface area contributed by atoms with Gasteiger partial charge in [-0.3, -0.25) is 9.59 Å². The minimum atomic E-state index is -1.28. The van der Waals surface area contributed by atoms with E-state index in [0.29, 0.717) is 27.9 Å². The van der Waals surface area contributed by atoms with Crippen molar-refractivity contribution in [1.82, 2.24) is 0 Å². The largest absolute Gasteiger partial charge is 0.507 e. The highest BCUT2D eigenvalue weighted by Gasteiger charge is 2.18. The van der Waals surface area contributed by atoms with Crippen LogP contribution >= 0.6 is 0 Å². The van der Waals surface area contributed by atoms with E-state index in [9.17, 15) is 24.6 Å². The molecular formula is C23H20N2O5. The van der Waals surface area contributed by atoms with E-state index in [0.717, 1.165) is 11.1 Å². The van der Waals surface area contributed by atoms with E-state index in [4.69, 9.17) is 5.73 Å². The molecule has 0 atom stereocenters. The standard InChI is InChI=1S/C23H20N2O5/c1-12-13(2)20(26)18(23(29)30)11-19(12)25-22(28)17-9-5-15(6-10-17)14-3-7-16(8-4-14)21(24)27/h3-11,26H,1-2H3,(H2,24,27)(H,25,28)(H,29,30). The van der Waals surface area contributed by atoms with Crippen molar-refractivity contribution in [2.75, 3.05) is 5.32 Å². The van der Waals surface area contributed by atoms with E-state index < -0.39 is 17.8 Å². The molecule has 5 N–H and O–H groups in total. The Morgan fingerprint density at radius 1 is 0.833 bits per heavy atom. The highest BCUT2D eigenvalue weighted by molar-refractivity contribution is 6.06. The molecule has 7 nitrogen and oxygen atoms in total. The second-order valence-corrected chi connectivity index (χ2v) is 6.85. The van der Waals surface area contributed by atoms with Crippen LogP contribution in [-0.2, 0) is 0 Å². The van der Waals surface area contributed by atoms with Crippen molar-refractivity contribution in [3.8, 4) is 16.9 Å². The Morgan fingerprint density at radius 3 is 1.80 bits per heavy atom. The number of aromatic carboxylic acids is 1. The van der Waals surface area contributed by atoms with Crippen molar-refractivity contribution in [1.29, 1.82) is 0 Å². The molecule has 0 aliphatic heterocycles. The first-order chi connectivity index (χ1) is 14.2. The van der Waals surface area contributed by atoms with E-state index in [1.54, 1.807) is 62.4 Å². The average molecular weight is 404 g/mol. The molecule has 0 heterocycles. The van der Waals surface area contributed by atoms with Crippen LogP contribution < -0.4 is 11.1 Å². The zero-order valence-corrected chi connectivity index (χ0v) is 16.4. The Kier molecular flexibility index (Phi) is 5.55. The number of rotatable bonds is 5. The number of nitrogens with one attached hydrogen (secondary N) is 1. The Labute approximate surface area is 172 Å². The second kappa shape index (κ2) is 8.08. The van der Waals surface area contributed by atoms with Crippen LogP contribution in [0.3, 0.4) is 0 Å². The molecule has 0 unspecified atom stereocenters. The van der Waals surface area contributed by atoms with Crippen molar-refractivity contribution < 1.29 is 24.6 Å². The zero-order chi connectivity index (χ0) is 22.0. The van der Waals surface area contributed by atoms with Gasteiger partial charge >= 0.3 is 5.97 Å². The average Bonchev–Trinajstić information content (AvgIpc) is 2.74. The third kappa shape index (κ3) is 4.00. The van der Waals surface area contributed by atoms with Crippen LogP contribution in [0.4, 0.5) is 5.69 Å². The minimum absolute atomic E-state index is 0.275. The van der Waals surface area contributed by atoms with Crippen LogP contribution in [0.5, 0.6) is 5.75 Å². The van der Waals surface area contributed by atoms with Crippen LogP contribution in [0.15, 0.2) is 54.6 Å². The molecular weight excluding hydrogens is 384 g/mol. The number of anilines is 1. The van der Waals surface area contributed by atoms with Gasteiger partial charge in [-0.2, -0.15) is 0 Å². The van der Waals surface area contributed by atoms with Crippen LogP contribution in [0, 0.1) is 13.8 Å². The topological polar surface area (TPSA) is 130 Å². The Morgan fingerprint density at radius 2 is 1.33 bits per heavy atom. The molecule has 0 aliphatic rings. The van der Waals surface area contributed by atoms with Crippen LogP contribution in [0.25, 0.3) is 11.1 Å². The molecule has 3 rings (SSSR count). The summed E-state index contributed by atoms with van der Waals surface area (Å²) in [5, 5.41) is 21.9. The van der Waals surface area contributed by atoms with Crippen LogP contribution in [-0.4, -0.2) is 28.0 Å². The number of primary amides is 1. The summed E-state index contributed by atoms with van der Waals surface area (Å²) in [6.45, 7) is 3.28. The normalized spacial score (nSPS) is 10.5. The fourth-order valence-electron chi connectivity index (χ4n) is 3.03. The van der Waals surface area contributed by atoms with Gasteiger partial charge in [0, 0.05) is 16.8 Å². The predicted octanol–water partition coefficient (Wildman–Crippen LogP) is 3.73. The summed E-state index contributed by atoms with van der Waals surface area (Å²) in [5.74, 6) is -2.50. The van der Waals surface area contributed by atoms with Crippen molar-refractivity contribution in [2.24, 2.45) is 5.73 Å². The molecule has 3 aromatic carbocycles. The van der Waals surface area contributed by atoms with Gasteiger partial charge in [0.25, 0.3) is 5.91 Å². The lowest BCUT2D eigenvalue weighted by Gasteiger charge is -2.14. The van der Waals surface area contributed by atoms with E-state index in [1.165, 1.54) is 6.07 Å². The Balaban J connectivity index is 1.83. The number of phenols is 1. The molecule has 0 bridgehead atoms. The van der Waals surface area contributed by atoms with Gasteiger partial charge in [-0.1, -0.05) is 24.3 Å². The number of hydrogen-bond acceptors (Lipinski definition) is 4. The lowest BCUT2D eigenvalue weighted by molar-refractivity contribution is 0.0693. The maximum Gasteiger partial charge on any atom is 0.339 e. The highest BCUT2D eigenvalue weighted by Crippen LogP contribution is 2.31. The zero-order valence-electron chi connectivity index (χ0n) is 16.4. The fraction of sp³-hybridized carbons (Fsp3) is 0.0870. The van der Waals surface area contributed by atoms with Gasteiger partial charge in [0.2, 0.25) is 5.91 Å². The molecule has 0 fully saturated rings. The van der Waals surface area contributed by atoms with Gasteiger partial charge in [-0.15, -0.1) is 0 Å². The summed E-state index contributed by atoms with van der Waals surface area (Å²) in [6.07, 6.45) is 0. The monoisotopic (exact) mass is 404 g/mol. The number of carboxylic acid groups (broad SMARTS) is 1. The van der Waals surface area contributed by atoms with Gasteiger partial charge in [-0.25, -0.2) is 4.79 Å². The maximum atomic E-state index is 12.6. The number of hydrogen-bond donors (Lipinski definition) is 4. The Bertz CT molecular complexity index is 1150. The van der Waals surface area contributed by atoms with Crippen molar-refractivity contribution in [3.05, 3.63) is 82.4 Å². The molecule has 0 radical (unpaired) electrons. The van der Waals surface area contributed by atoms with Gasteiger partial charge < -0.3 is 21.3 Å². The van der Waals surface area contributed by atoms with E-state index in [-0.39, 0.29) is 11.3 Å². The summed E-state index contributed by atoms with van der Waals surface area (Å²) < 4.78 is 0. The first-order valence-electron chi connectivity index (χ1n) is 9.07. The number of carboxylic acids is 1. The molecule has 3 aromatic rings. The van der Waals surface area contributed by atoms with Crippen LogP contribution in [0.2, 0.25) is 0 Å². The molecule has 0 spiro atoms.